The highest BCUT2D eigenvalue weighted by Crippen LogP contribution is 2.26. The van der Waals surface area contributed by atoms with E-state index in [4.69, 9.17) is 0 Å². The fraction of sp³-hybridized carbons (Fsp3) is 0.571. The molecule has 4 nitrogen and oxygen atoms in total. The minimum absolute atomic E-state index is 0.716. The number of piperidine rings is 1. The first kappa shape index (κ1) is 16.8. The van der Waals surface area contributed by atoms with E-state index in [1.807, 2.05) is 11.6 Å². The number of aryl methyl sites for hydroxylation is 2. The normalized spacial score (nSPS) is 23.8. The van der Waals surface area contributed by atoms with E-state index >= 15 is 0 Å². The zero-order valence-electron chi connectivity index (χ0n) is 15.5. The van der Waals surface area contributed by atoms with Crippen molar-refractivity contribution in [2.75, 3.05) is 19.6 Å². The van der Waals surface area contributed by atoms with E-state index in [2.05, 4.69) is 52.6 Å². The summed E-state index contributed by atoms with van der Waals surface area (Å²) in [5, 5.41) is 8.36. The molecule has 1 aromatic carbocycles. The van der Waals surface area contributed by atoms with Gasteiger partial charge in [0.2, 0.25) is 0 Å². The van der Waals surface area contributed by atoms with Gasteiger partial charge in [0.05, 0.1) is 11.4 Å². The summed E-state index contributed by atoms with van der Waals surface area (Å²) in [4.78, 5) is 2.69. The predicted octanol–water partition coefficient (Wildman–Crippen LogP) is 3.25. The van der Waals surface area contributed by atoms with Crippen molar-refractivity contribution in [1.82, 2.24) is 20.0 Å². The zero-order chi connectivity index (χ0) is 17.2. The highest BCUT2D eigenvalue weighted by Gasteiger charge is 2.31. The van der Waals surface area contributed by atoms with Crippen LogP contribution in [0.4, 0.5) is 0 Å². The molecule has 3 heterocycles. The summed E-state index contributed by atoms with van der Waals surface area (Å²) < 4.78 is 2.02. The number of aromatic nitrogens is 2. The Kier molecular flexibility index (Phi) is 4.91. The van der Waals surface area contributed by atoms with Gasteiger partial charge < -0.3 is 10.2 Å². The smallest absolute Gasteiger partial charge is 0.0648 e. The van der Waals surface area contributed by atoms with E-state index in [-0.39, 0.29) is 0 Å². The SMILES string of the molecule is Cc1cc(C)n(-c2ccc(CCN[C@H]3CCN4CCC[C@@H]4C3)cc2)n1. The van der Waals surface area contributed by atoms with Gasteiger partial charge in [0.25, 0.3) is 0 Å². The Hall–Kier alpha value is -1.65. The van der Waals surface area contributed by atoms with Crippen LogP contribution >= 0.6 is 0 Å². The van der Waals surface area contributed by atoms with E-state index in [0.29, 0.717) is 6.04 Å². The van der Waals surface area contributed by atoms with Gasteiger partial charge in [-0.1, -0.05) is 12.1 Å². The van der Waals surface area contributed by atoms with Crippen molar-refractivity contribution in [3.63, 3.8) is 0 Å². The van der Waals surface area contributed by atoms with Gasteiger partial charge in [0, 0.05) is 17.8 Å². The third-order valence-electron chi connectivity index (χ3n) is 5.86. The number of fused-ring (bicyclic) bond motifs is 1. The summed E-state index contributed by atoms with van der Waals surface area (Å²) in [5.41, 5.74) is 4.80. The molecule has 134 valence electrons. The molecule has 2 fully saturated rings. The molecular weight excluding hydrogens is 308 g/mol. The number of rotatable bonds is 5. The molecule has 4 rings (SSSR count). The van der Waals surface area contributed by atoms with Crippen LogP contribution in [0.3, 0.4) is 0 Å². The van der Waals surface area contributed by atoms with Gasteiger partial charge in [-0.25, -0.2) is 4.68 Å². The fourth-order valence-electron chi connectivity index (χ4n) is 4.52. The minimum atomic E-state index is 0.716. The van der Waals surface area contributed by atoms with Crippen molar-refractivity contribution in [3.05, 3.63) is 47.3 Å². The van der Waals surface area contributed by atoms with Gasteiger partial charge >= 0.3 is 0 Å². The molecule has 2 aliphatic rings. The molecule has 1 N–H and O–H groups in total. The second kappa shape index (κ2) is 7.30. The molecule has 0 amide bonds. The molecule has 0 bridgehead atoms. The molecule has 2 atom stereocenters. The lowest BCUT2D eigenvalue weighted by molar-refractivity contribution is 0.167. The highest BCUT2D eigenvalue weighted by molar-refractivity contribution is 5.36. The van der Waals surface area contributed by atoms with Crippen LogP contribution in [0.15, 0.2) is 30.3 Å². The Morgan fingerprint density at radius 1 is 1.12 bits per heavy atom. The minimum Gasteiger partial charge on any atom is -0.314 e. The largest absolute Gasteiger partial charge is 0.314 e. The Labute approximate surface area is 151 Å². The Bertz CT molecular complexity index is 703. The summed E-state index contributed by atoms with van der Waals surface area (Å²) in [6.07, 6.45) is 6.57. The number of hydrogen-bond donors (Lipinski definition) is 1. The van der Waals surface area contributed by atoms with Crippen LogP contribution in [0.1, 0.15) is 42.6 Å². The maximum atomic E-state index is 4.56. The third kappa shape index (κ3) is 3.80. The lowest BCUT2D eigenvalue weighted by atomic mass is 9.97. The fourth-order valence-corrected chi connectivity index (χ4v) is 4.52. The summed E-state index contributed by atoms with van der Waals surface area (Å²) in [6.45, 7) is 7.85. The summed E-state index contributed by atoms with van der Waals surface area (Å²) >= 11 is 0. The molecule has 1 aromatic heterocycles. The van der Waals surface area contributed by atoms with E-state index < -0.39 is 0 Å². The third-order valence-corrected chi connectivity index (χ3v) is 5.86. The van der Waals surface area contributed by atoms with Gasteiger partial charge in [0.1, 0.15) is 0 Å². The van der Waals surface area contributed by atoms with Crippen molar-refractivity contribution in [1.29, 1.82) is 0 Å². The molecule has 0 spiro atoms. The molecule has 0 saturated carbocycles. The molecular formula is C21H30N4. The molecule has 2 aromatic rings. The van der Waals surface area contributed by atoms with Crippen LogP contribution in [0.2, 0.25) is 0 Å². The van der Waals surface area contributed by atoms with Crippen LogP contribution in [0.25, 0.3) is 5.69 Å². The highest BCUT2D eigenvalue weighted by atomic mass is 15.3. The van der Waals surface area contributed by atoms with Crippen LogP contribution in [0.5, 0.6) is 0 Å². The van der Waals surface area contributed by atoms with Gasteiger partial charge in [-0.3, -0.25) is 0 Å². The lowest BCUT2D eigenvalue weighted by Crippen LogP contribution is -2.46. The van der Waals surface area contributed by atoms with Crippen molar-refractivity contribution >= 4 is 0 Å². The molecule has 2 aliphatic heterocycles. The summed E-state index contributed by atoms with van der Waals surface area (Å²) in [5.74, 6) is 0. The van der Waals surface area contributed by atoms with E-state index in [9.17, 15) is 0 Å². The Morgan fingerprint density at radius 2 is 1.96 bits per heavy atom. The van der Waals surface area contributed by atoms with Gasteiger partial charge in [0.15, 0.2) is 0 Å². The summed E-state index contributed by atoms with van der Waals surface area (Å²) in [6, 6.07) is 12.5. The van der Waals surface area contributed by atoms with Crippen LogP contribution < -0.4 is 5.32 Å². The first-order chi connectivity index (χ1) is 12.2. The molecule has 4 heteroatoms. The van der Waals surface area contributed by atoms with E-state index in [1.54, 1.807) is 0 Å². The predicted molar refractivity (Wildman–Crippen MR) is 102 cm³/mol. The summed E-state index contributed by atoms with van der Waals surface area (Å²) in [7, 11) is 0. The average Bonchev–Trinajstić information content (AvgIpc) is 3.21. The quantitative estimate of drug-likeness (QED) is 0.908. The maximum absolute atomic E-state index is 4.56. The molecule has 0 radical (unpaired) electrons. The van der Waals surface area contributed by atoms with Gasteiger partial charge in [-0.05, 0) is 89.3 Å². The number of hydrogen-bond acceptors (Lipinski definition) is 3. The maximum Gasteiger partial charge on any atom is 0.0648 e. The second-order valence-electron chi connectivity index (χ2n) is 7.76. The van der Waals surface area contributed by atoms with Crippen LogP contribution in [-0.4, -0.2) is 46.4 Å². The van der Waals surface area contributed by atoms with Crippen molar-refractivity contribution < 1.29 is 0 Å². The topological polar surface area (TPSA) is 33.1 Å². The van der Waals surface area contributed by atoms with Crippen LogP contribution in [-0.2, 0) is 6.42 Å². The standard InChI is InChI=1S/C21H30N4/c1-16-14-17(2)25(23-16)20-7-5-18(6-8-20)9-11-22-19-10-13-24-12-3-4-21(24)15-19/h5-8,14,19,21-22H,3-4,9-13,15H2,1-2H3/t19-,21+/m0/s1. The van der Waals surface area contributed by atoms with Crippen molar-refractivity contribution in [3.8, 4) is 5.69 Å². The average molecular weight is 338 g/mol. The second-order valence-corrected chi connectivity index (χ2v) is 7.76. The molecule has 0 unspecified atom stereocenters. The number of benzene rings is 1. The van der Waals surface area contributed by atoms with E-state index in [1.165, 1.54) is 50.0 Å². The lowest BCUT2D eigenvalue weighted by Gasteiger charge is -2.35. The van der Waals surface area contributed by atoms with Crippen molar-refractivity contribution in [2.24, 2.45) is 0 Å². The number of nitrogens with one attached hydrogen (secondary N) is 1. The Morgan fingerprint density at radius 3 is 2.72 bits per heavy atom. The monoisotopic (exact) mass is 338 g/mol. The first-order valence-electron chi connectivity index (χ1n) is 9.79. The van der Waals surface area contributed by atoms with E-state index in [0.717, 1.165) is 30.4 Å². The van der Waals surface area contributed by atoms with Crippen LogP contribution in [0, 0.1) is 13.8 Å². The Balaban J connectivity index is 1.28. The van der Waals surface area contributed by atoms with Crippen molar-refractivity contribution in [2.45, 2.75) is 58.0 Å². The molecule has 2 saturated heterocycles. The molecule has 0 aliphatic carbocycles. The van der Waals surface area contributed by atoms with Gasteiger partial charge in [-0.15, -0.1) is 0 Å². The van der Waals surface area contributed by atoms with Gasteiger partial charge in [-0.2, -0.15) is 5.10 Å². The zero-order valence-corrected chi connectivity index (χ0v) is 15.5. The first-order valence-corrected chi connectivity index (χ1v) is 9.79. The number of nitrogens with zero attached hydrogens (tertiary/aromatic N) is 3. The molecule has 25 heavy (non-hydrogen) atoms.